The number of H-pyrrole nitrogens is 1. The van der Waals surface area contributed by atoms with Crippen molar-refractivity contribution in [3.05, 3.63) is 54.1 Å². The smallest absolute Gasteiger partial charge is 0.167 e. The molecule has 6 heteroatoms. The third-order valence-corrected chi connectivity index (χ3v) is 5.38. The largest absolute Gasteiger partial charge is 0.367 e. The maximum Gasteiger partial charge on any atom is 0.167 e. The number of aromatic nitrogens is 2. The summed E-state index contributed by atoms with van der Waals surface area (Å²) >= 11 is 0. The Morgan fingerprint density at radius 2 is 1.86 bits per heavy atom. The van der Waals surface area contributed by atoms with Gasteiger partial charge < -0.3 is 25.8 Å². The summed E-state index contributed by atoms with van der Waals surface area (Å²) < 4.78 is 0. The van der Waals surface area contributed by atoms with Gasteiger partial charge in [-0.2, -0.15) is 0 Å². The third kappa shape index (κ3) is 7.02. The third-order valence-electron chi connectivity index (χ3n) is 5.38. The van der Waals surface area contributed by atoms with Gasteiger partial charge in [0.15, 0.2) is 6.29 Å². The maximum atomic E-state index is 9.91. The maximum absolute atomic E-state index is 9.91. The first-order chi connectivity index (χ1) is 13.3. The number of aliphatic hydroxyl groups is 2. The molecule has 1 aromatic carbocycles. The molecule has 1 aromatic heterocycles. The van der Waals surface area contributed by atoms with Gasteiger partial charge in [-0.25, -0.2) is 4.98 Å². The van der Waals surface area contributed by atoms with Gasteiger partial charge in [0, 0.05) is 29.9 Å². The molecule has 0 radical (unpaired) electrons. The van der Waals surface area contributed by atoms with Crippen molar-refractivity contribution >= 4 is 0 Å². The summed E-state index contributed by atoms with van der Waals surface area (Å²) in [6.45, 7) is 9.30. The Morgan fingerprint density at radius 3 is 2.43 bits per heavy atom. The zero-order valence-corrected chi connectivity index (χ0v) is 17.5. The summed E-state index contributed by atoms with van der Waals surface area (Å²) in [6, 6.07) is 10.1. The van der Waals surface area contributed by atoms with E-state index in [1.807, 2.05) is 12.3 Å². The molecule has 1 heterocycles. The Labute approximate surface area is 168 Å². The molecule has 3 unspecified atom stereocenters. The Hall–Kier alpha value is -1.73. The minimum absolute atomic E-state index is 0.105. The minimum Gasteiger partial charge on any atom is -0.367 e. The van der Waals surface area contributed by atoms with Crippen LogP contribution in [0, 0.1) is 5.92 Å². The van der Waals surface area contributed by atoms with E-state index in [-0.39, 0.29) is 11.6 Å². The number of rotatable bonds is 12. The van der Waals surface area contributed by atoms with Crippen LogP contribution in [0.4, 0.5) is 0 Å². The van der Waals surface area contributed by atoms with Gasteiger partial charge in [-0.15, -0.1) is 0 Å². The van der Waals surface area contributed by atoms with E-state index in [4.69, 9.17) is 0 Å². The average Bonchev–Trinajstić information content (AvgIpc) is 3.14. The van der Waals surface area contributed by atoms with E-state index < -0.39 is 12.3 Å². The first kappa shape index (κ1) is 22.6. The van der Waals surface area contributed by atoms with Gasteiger partial charge in [0.25, 0.3) is 0 Å². The lowest BCUT2D eigenvalue weighted by molar-refractivity contribution is -0.0789. The highest BCUT2D eigenvalue weighted by Crippen LogP contribution is 2.20. The first-order valence-corrected chi connectivity index (χ1v) is 10.2. The van der Waals surface area contributed by atoms with E-state index in [0.717, 1.165) is 18.7 Å². The number of hydrogen-bond donors (Lipinski definition) is 5. The van der Waals surface area contributed by atoms with Gasteiger partial charge in [0.1, 0.15) is 0 Å². The van der Waals surface area contributed by atoms with Crippen molar-refractivity contribution < 1.29 is 10.2 Å². The molecule has 0 aliphatic carbocycles. The molecular weight excluding hydrogens is 352 g/mol. The predicted molar refractivity (Wildman–Crippen MR) is 113 cm³/mol. The van der Waals surface area contributed by atoms with E-state index in [1.54, 1.807) is 6.33 Å². The highest BCUT2D eigenvalue weighted by Gasteiger charge is 2.35. The lowest BCUT2D eigenvalue weighted by Gasteiger charge is -2.41. The van der Waals surface area contributed by atoms with Crippen molar-refractivity contribution in [1.29, 1.82) is 0 Å². The fourth-order valence-corrected chi connectivity index (χ4v) is 3.60. The van der Waals surface area contributed by atoms with E-state index in [1.165, 1.54) is 5.56 Å². The standard InChI is InChI=1S/C22H36N4O2/c1-16(2)12-20(21(27)28)26-22(4,13-19-14-23-15-25-19)17(3)24-11-10-18-8-6-5-7-9-18/h5-9,14-17,20-21,24,26-28H,10-13H2,1-4H3,(H,23,25). The van der Waals surface area contributed by atoms with Gasteiger partial charge in [0.05, 0.1) is 12.4 Å². The molecule has 2 aromatic rings. The minimum atomic E-state index is -1.40. The SMILES string of the molecule is CC(C)CC(NC(C)(Cc1cnc[nH]1)C(C)NCCc1ccccc1)C(O)O. The van der Waals surface area contributed by atoms with E-state index >= 15 is 0 Å². The molecule has 0 aliphatic rings. The van der Waals surface area contributed by atoms with Crippen LogP contribution in [0.1, 0.15) is 45.4 Å². The monoisotopic (exact) mass is 388 g/mol. The molecule has 0 fully saturated rings. The number of benzene rings is 1. The van der Waals surface area contributed by atoms with Crippen LogP contribution in [-0.2, 0) is 12.8 Å². The molecular formula is C22H36N4O2. The van der Waals surface area contributed by atoms with Crippen molar-refractivity contribution in [2.24, 2.45) is 5.92 Å². The van der Waals surface area contributed by atoms with Gasteiger partial charge in [-0.05, 0) is 44.7 Å². The summed E-state index contributed by atoms with van der Waals surface area (Å²) in [4.78, 5) is 7.30. The van der Waals surface area contributed by atoms with Crippen molar-refractivity contribution in [3.8, 4) is 0 Å². The number of aromatic amines is 1. The average molecular weight is 389 g/mol. The number of nitrogens with zero attached hydrogens (tertiary/aromatic N) is 1. The van der Waals surface area contributed by atoms with Crippen molar-refractivity contribution in [2.75, 3.05) is 6.54 Å². The van der Waals surface area contributed by atoms with Crippen molar-refractivity contribution in [1.82, 2.24) is 20.6 Å². The first-order valence-electron chi connectivity index (χ1n) is 10.2. The number of hydrogen-bond acceptors (Lipinski definition) is 5. The second-order valence-corrected chi connectivity index (χ2v) is 8.38. The van der Waals surface area contributed by atoms with Crippen LogP contribution in [-0.4, -0.2) is 50.6 Å². The molecule has 0 aliphatic heterocycles. The fourth-order valence-electron chi connectivity index (χ4n) is 3.60. The Kier molecular flexibility index (Phi) is 8.63. The van der Waals surface area contributed by atoms with Crippen LogP contribution in [0.15, 0.2) is 42.9 Å². The zero-order chi connectivity index (χ0) is 20.6. The molecule has 0 spiro atoms. The Balaban J connectivity index is 2.07. The number of nitrogens with one attached hydrogen (secondary N) is 3. The molecule has 6 nitrogen and oxygen atoms in total. The summed E-state index contributed by atoms with van der Waals surface area (Å²) in [7, 11) is 0. The molecule has 2 rings (SSSR count). The van der Waals surface area contributed by atoms with Gasteiger partial charge >= 0.3 is 0 Å². The fraction of sp³-hybridized carbons (Fsp3) is 0.591. The molecule has 5 N–H and O–H groups in total. The summed E-state index contributed by atoms with van der Waals surface area (Å²) in [5.41, 5.74) is 1.93. The zero-order valence-electron chi connectivity index (χ0n) is 17.5. The summed E-state index contributed by atoms with van der Waals surface area (Å²) in [5.74, 6) is 0.358. The number of aliphatic hydroxyl groups excluding tert-OH is 1. The van der Waals surface area contributed by atoms with Crippen LogP contribution in [0.3, 0.4) is 0 Å². The lowest BCUT2D eigenvalue weighted by Crippen LogP contribution is -2.63. The van der Waals surface area contributed by atoms with Gasteiger partial charge in [0.2, 0.25) is 0 Å². The van der Waals surface area contributed by atoms with E-state index in [2.05, 4.69) is 72.6 Å². The quantitative estimate of drug-likeness (QED) is 0.360. The molecule has 0 saturated heterocycles. The Morgan fingerprint density at radius 1 is 1.14 bits per heavy atom. The highest BCUT2D eigenvalue weighted by molar-refractivity contribution is 5.15. The van der Waals surface area contributed by atoms with Crippen LogP contribution in [0.5, 0.6) is 0 Å². The molecule has 0 saturated carbocycles. The van der Waals surface area contributed by atoms with E-state index in [0.29, 0.717) is 18.8 Å². The molecule has 0 bridgehead atoms. The Bertz CT molecular complexity index is 660. The van der Waals surface area contributed by atoms with Gasteiger partial charge in [-0.1, -0.05) is 44.2 Å². The molecule has 28 heavy (non-hydrogen) atoms. The van der Waals surface area contributed by atoms with Crippen LogP contribution in [0.2, 0.25) is 0 Å². The molecule has 3 atom stereocenters. The lowest BCUT2D eigenvalue weighted by atomic mass is 9.86. The molecule has 0 amide bonds. The summed E-state index contributed by atoms with van der Waals surface area (Å²) in [5, 5.41) is 27.0. The van der Waals surface area contributed by atoms with Crippen molar-refractivity contribution in [3.63, 3.8) is 0 Å². The number of imidazole rings is 1. The highest BCUT2D eigenvalue weighted by atomic mass is 16.5. The second kappa shape index (κ2) is 10.7. The summed E-state index contributed by atoms with van der Waals surface area (Å²) in [6.07, 6.45) is 4.43. The normalized spacial score (nSPS) is 16.3. The van der Waals surface area contributed by atoms with E-state index in [9.17, 15) is 10.2 Å². The predicted octanol–water partition coefficient (Wildman–Crippen LogP) is 2.25. The van der Waals surface area contributed by atoms with Gasteiger partial charge in [-0.3, -0.25) is 0 Å². The van der Waals surface area contributed by atoms with Crippen LogP contribution >= 0.6 is 0 Å². The second-order valence-electron chi connectivity index (χ2n) is 8.38. The topological polar surface area (TPSA) is 93.2 Å². The van der Waals surface area contributed by atoms with Crippen molar-refractivity contribution in [2.45, 2.75) is 70.9 Å². The van der Waals surface area contributed by atoms with Crippen LogP contribution in [0.25, 0.3) is 0 Å². The molecule has 156 valence electrons. The van der Waals surface area contributed by atoms with Crippen LogP contribution < -0.4 is 10.6 Å².